The van der Waals surface area contributed by atoms with Crippen LogP contribution in [0.2, 0.25) is 0 Å². The van der Waals surface area contributed by atoms with Crippen LogP contribution < -0.4 is 72.6 Å². The van der Waals surface area contributed by atoms with Crippen molar-refractivity contribution in [3.8, 4) is 0 Å². The number of quaternary nitrogens is 4. The number of hydrogen-bond acceptors (Lipinski definition) is 9. The van der Waals surface area contributed by atoms with Crippen molar-refractivity contribution in [3.05, 3.63) is 0 Å². The number of aliphatic hydroxyl groups is 5. The van der Waals surface area contributed by atoms with Gasteiger partial charge in [-0.25, -0.2) is 0 Å². The van der Waals surface area contributed by atoms with Crippen molar-refractivity contribution in [2.24, 2.45) is 0 Å². The van der Waals surface area contributed by atoms with E-state index >= 15 is 0 Å². The molecule has 17 N–H and O–H groups in total. The van der Waals surface area contributed by atoms with Gasteiger partial charge in [0.05, 0.1) is 18.6 Å². The Morgan fingerprint density at radius 2 is 1.29 bits per heavy atom. The summed E-state index contributed by atoms with van der Waals surface area (Å²) >= 11 is 0. The first kappa shape index (κ1) is 37.8. The third-order valence-electron chi connectivity index (χ3n) is 6.52. The van der Waals surface area contributed by atoms with Gasteiger partial charge in [-0.2, -0.15) is 0 Å². The molecular weight excluding hydrogens is 558 g/mol. The van der Waals surface area contributed by atoms with E-state index in [0.717, 1.165) is 0 Å². The summed E-state index contributed by atoms with van der Waals surface area (Å²) < 4.78 is 23.5. The number of hydrogen-bond donors (Lipinski definition) is 9. The van der Waals surface area contributed by atoms with Gasteiger partial charge in [-0.1, -0.05) is 0 Å². The lowest BCUT2D eigenvalue weighted by molar-refractivity contribution is -0.537. The van der Waals surface area contributed by atoms with Gasteiger partial charge in [-0.05, 0) is 6.92 Å². The highest BCUT2D eigenvalue weighted by atomic mass is 35.5. The first-order chi connectivity index (χ1) is 14.5. The van der Waals surface area contributed by atoms with Crippen molar-refractivity contribution < 1.29 is 117 Å². The molecule has 2 saturated heterocycles. The highest BCUT2D eigenvalue weighted by molar-refractivity contribution is 4.96. The Kier molecular flexibility index (Phi) is 17.2. The molecule has 1 aliphatic carbocycles. The first-order valence-electron chi connectivity index (χ1n) is 10.9. The van der Waals surface area contributed by atoms with Gasteiger partial charge in [0.25, 0.3) is 0 Å². The second-order valence-electron chi connectivity index (χ2n) is 9.03. The van der Waals surface area contributed by atoms with Gasteiger partial charge < -0.3 is 117 Å². The van der Waals surface area contributed by atoms with Crippen LogP contribution in [0.1, 0.15) is 19.8 Å². The van der Waals surface area contributed by atoms with E-state index in [1.807, 2.05) is 0 Å². The van der Waals surface area contributed by atoms with Crippen LogP contribution in [0.4, 0.5) is 0 Å². The normalized spacial score (nSPS) is 47.8. The van der Waals surface area contributed by atoms with E-state index in [9.17, 15) is 25.5 Å². The van der Waals surface area contributed by atoms with Crippen LogP contribution in [0.5, 0.6) is 0 Å². The van der Waals surface area contributed by atoms with Crippen molar-refractivity contribution in [1.29, 1.82) is 0 Å². The molecule has 1 saturated carbocycles. The highest BCUT2D eigenvalue weighted by Crippen LogP contribution is 2.30. The zero-order chi connectivity index (χ0) is 23.0. The second-order valence-corrected chi connectivity index (χ2v) is 9.03. The maximum atomic E-state index is 10.8. The van der Waals surface area contributed by atoms with Gasteiger partial charge in [-0.15, -0.1) is 0 Å². The molecule has 0 unspecified atom stereocenters. The van der Waals surface area contributed by atoms with Crippen LogP contribution in [0.3, 0.4) is 0 Å². The standard InChI is InChI=1S/C18H36N4O9.4ClH/c1-5-2-8(23)12(25)18(28-5)31-16-11(24)6(20)3-7(21)15(16)30-17-10(22)14(27)13(26)9(4-19)29-17;;;;/h5-18,23-27H,2-4,19-22H2,1H3;4*1H/t5-,6-,7+,8+,9-,10-,11+,12-,13-,14-,15-,16-,17-,18+;;;;/m1..../s1. The highest BCUT2D eigenvalue weighted by Gasteiger charge is 2.54. The minimum absolute atomic E-state index is 0. The fourth-order valence-corrected chi connectivity index (χ4v) is 4.55. The smallest absolute Gasteiger partial charge is 0.214 e. The number of ether oxygens (including phenoxy) is 4. The van der Waals surface area contributed by atoms with Crippen LogP contribution in [0.15, 0.2) is 0 Å². The molecule has 0 bridgehead atoms. The summed E-state index contributed by atoms with van der Waals surface area (Å²) in [7, 11) is 0. The van der Waals surface area contributed by atoms with Crippen LogP contribution in [-0.4, -0.2) is 118 Å². The van der Waals surface area contributed by atoms with Crippen LogP contribution in [0.25, 0.3) is 0 Å². The molecule has 13 nitrogen and oxygen atoms in total. The Balaban J connectivity index is 0. The Hall–Kier alpha value is 0.640. The second kappa shape index (κ2) is 15.9. The topological polar surface area (TPSA) is 249 Å². The van der Waals surface area contributed by atoms with Gasteiger partial charge in [0.15, 0.2) is 12.3 Å². The minimum Gasteiger partial charge on any atom is -1.00 e. The molecule has 3 fully saturated rings. The molecule has 14 atom stereocenters. The summed E-state index contributed by atoms with van der Waals surface area (Å²) in [4.78, 5) is 0. The van der Waals surface area contributed by atoms with E-state index in [4.69, 9.17) is 18.9 Å². The molecule has 0 aromatic carbocycles. The predicted molar refractivity (Wildman–Crippen MR) is 99.8 cm³/mol. The van der Waals surface area contributed by atoms with E-state index in [1.54, 1.807) is 6.92 Å². The molecule has 2 aliphatic heterocycles. The fraction of sp³-hybridized carbons (Fsp3) is 1.00. The quantitative estimate of drug-likeness (QED) is 0.146. The third-order valence-corrected chi connectivity index (χ3v) is 6.52. The maximum Gasteiger partial charge on any atom is 0.214 e. The molecule has 0 spiro atoms. The van der Waals surface area contributed by atoms with Gasteiger partial charge in [-0.3, -0.25) is 0 Å². The van der Waals surface area contributed by atoms with Gasteiger partial charge in [0, 0.05) is 6.42 Å². The summed E-state index contributed by atoms with van der Waals surface area (Å²) in [5.74, 6) is 0. The largest absolute Gasteiger partial charge is 1.00 e. The molecule has 3 aliphatic rings. The van der Waals surface area contributed by atoms with Crippen LogP contribution in [-0.2, 0) is 18.9 Å². The van der Waals surface area contributed by atoms with Crippen LogP contribution in [0, 0.1) is 0 Å². The number of halogens is 4. The first-order valence-corrected chi connectivity index (χ1v) is 10.9. The van der Waals surface area contributed by atoms with Crippen molar-refractivity contribution >= 4 is 0 Å². The van der Waals surface area contributed by atoms with Gasteiger partial charge in [0.2, 0.25) is 6.29 Å². The molecule has 214 valence electrons. The van der Waals surface area contributed by atoms with E-state index in [-0.39, 0.29) is 74.7 Å². The lowest BCUT2D eigenvalue weighted by atomic mass is 9.84. The Morgan fingerprint density at radius 1 is 0.714 bits per heavy atom. The average molecular weight is 598 g/mol. The number of rotatable bonds is 5. The third kappa shape index (κ3) is 8.31. The van der Waals surface area contributed by atoms with Gasteiger partial charge in [0.1, 0.15) is 61.4 Å². The van der Waals surface area contributed by atoms with Crippen molar-refractivity contribution in [1.82, 2.24) is 0 Å². The Bertz CT molecular complexity index is 608. The van der Waals surface area contributed by atoms with E-state index < -0.39 is 73.5 Å². The summed E-state index contributed by atoms with van der Waals surface area (Å²) in [6, 6.07) is -1.58. The van der Waals surface area contributed by atoms with E-state index in [1.165, 1.54) is 0 Å². The van der Waals surface area contributed by atoms with Gasteiger partial charge >= 0.3 is 0 Å². The monoisotopic (exact) mass is 596 g/mol. The SMILES string of the molecule is C[C@@H]1C[C@H](O)[C@@H](O)[C@H](O[C@@H]2[C@@H](O)[C@H]([NH3+])C[C@H]([NH3+])[C@H]2O[C@H]2O[C@H](C[NH3+])[C@@H](O)[C@H](O)[C@H]2[NH3+])O1.[Cl-].[Cl-].[Cl-].[Cl-]. The van der Waals surface area contributed by atoms with E-state index in [0.29, 0.717) is 6.42 Å². The van der Waals surface area contributed by atoms with E-state index in [2.05, 4.69) is 22.9 Å². The molecule has 0 aromatic heterocycles. The summed E-state index contributed by atoms with van der Waals surface area (Å²) in [6.45, 7) is 1.96. The molecule has 3 rings (SSSR count). The zero-order valence-electron chi connectivity index (χ0n) is 19.4. The van der Waals surface area contributed by atoms with Crippen LogP contribution >= 0.6 is 0 Å². The Labute approximate surface area is 228 Å². The van der Waals surface area contributed by atoms with Crippen molar-refractivity contribution in [2.45, 2.75) is 105 Å². The summed E-state index contributed by atoms with van der Waals surface area (Å²) in [5.41, 5.74) is 15.7. The average Bonchev–Trinajstić information content (AvgIpc) is 2.72. The predicted octanol–water partition coefficient (Wildman–Crippen LogP) is -20.1. The molecule has 35 heavy (non-hydrogen) atoms. The molecule has 0 radical (unpaired) electrons. The summed E-state index contributed by atoms with van der Waals surface area (Å²) in [5, 5.41) is 51.7. The zero-order valence-corrected chi connectivity index (χ0v) is 22.4. The fourth-order valence-electron chi connectivity index (χ4n) is 4.55. The molecule has 17 heteroatoms. The van der Waals surface area contributed by atoms with Crippen molar-refractivity contribution in [2.75, 3.05) is 6.54 Å². The molecular formula is C18H40Cl4N4O9. The molecule has 2 heterocycles. The van der Waals surface area contributed by atoms with Crippen molar-refractivity contribution in [3.63, 3.8) is 0 Å². The molecule has 0 amide bonds. The Morgan fingerprint density at radius 3 is 1.86 bits per heavy atom. The lowest BCUT2D eigenvalue weighted by Crippen LogP contribution is -3.00. The lowest BCUT2D eigenvalue weighted by Gasteiger charge is -2.45. The number of aliphatic hydroxyl groups excluding tert-OH is 5. The molecule has 0 aromatic rings. The summed E-state index contributed by atoms with van der Waals surface area (Å²) in [6.07, 6.45) is -10.1. The maximum absolute atomic E-state index is 10.8. The minimum atomic E-state index is -1.29.